The van der Waals surface area contributed by atoms with E-state index in [0.717, 1.165) is 51.3 Å². The van der Waals surface area contributed by atoms with Gasteiger partial charge in [-0.2, -0.15) is 0 Å². The Labute approximate surface area is 179 Å². The molecule has 6 heteroatoms. The molecule has 2 aromatic rings. The summed E-state index contributed by atoms with van der Waals surface area (Å²) in [6, 6.07) is 15.4. The highest BCUT2D eigenvalue weighted by atomic mass is 16.5. The smallest absolute Gasteiger partial charge is 0.252 e. The first-order valence-electron chi connectivity index (χ1n) is 10.8. The van der Waals surface area contributed by atoms with Gasteiger partial charge >= 0.3 is 0 Å². The number of hydrogen-bond acceptors (Lipinski definition) is 4. The van der Waals surface area contributed by atoms with Gasteiger partial charge in [0.05, 0.1) is 26.9 Å². The van der Waals surface area contributed by atoms with Crippen LogP contribution < -0.4 is 19.7 Å². The first-order chi connectivity index (χ1) is 14.7. The number of unbranched alkanes of at least 4 members (excludes halogenated alkanes) is 1. The van der Waals surface area contributed by atoms with Crippen LogP contribution in [0.25, 0.3) is 0 Å². The van der Waals surface area contributed by atoms with E-state index < -0.39 is 0 Å². The Bertz CT molecular complexity index is 791. The minimum Gasteiger partial charge on any atom is -0.493 e. The SMILES string of the molecule is CCCCOc1ccc(C(=O)N[C@H](C[NH+]2CCOCC2)c2ccccc2)cc1OC. The minimum absolute atomic E-state index is 0.0710. The molecule has 1 aliphatic heterocycles. The van der Waals surface area contributed by atoms with Gasteiger partial charge in [0.1, 0.15) is 25.7 Å². The Hall–Kier alpha value is -2.57. The molecule has 162 valence electrons. The molecule has 0 bridgehead atoms. The molecule has 1 atom stereocenters. The molecule has 2 N–H and O–H groups in total. The van der Waals surface area contributed by atoms with Gasteiger partial charge in [-0.15, -0.1) is 0 Å². The molecule has 0 aliphatic carbocycles. The van der Waals surface area contributed by atoms with Crippen LogP contribution in [-0.4, -0.2) is 52.5 Å². The van der Waals surface area contributed by atoms with Crippen molar-refractivity contribution >= 4 is 5.91 Å². The van der Waals surface area contributed by atoms with Crippen molar-refractivity contribution < 1.29 is 23.9 Å². The monoisotopic (exact) mass is 413 g/mol. The zero-order valence-electron chi connectivity index (χ0n) is 18.0. The summed E-state index contributed by atoms with van der Waals surface area (Å²) in [7, 11) is 1.60. The van der Waals surface area contributed by atoms with Gasteiger partial charge in [0, 0.05) is 5.56 Å². The van der Waals surface area contributed by atoms with Gasteiger partial charge in [0.2, 0.25) is 0 Å². The van der Waals surface area contributed by atoms with Crippen molar-refractivity contribution in [1.82, 2.24) is 5.32 Å². The molecule has 1 aliphatic rings. The lowest BCUT2D eigenvalue weighted by atomic mass is 10.0. The van der Waals surface area contributed by atoms with Crippen molar-refractivity contribution in [1.29, 1.82) is 0 Å². The molecule has 1 saturated heterocycles. The van der Waals surface area contributed by atoms with E-state index in [0.29, 0.717) is 23.7 Å². The van der Waals surface area contributed by atoms with E-state index >= 15 is 0 Å². The molecule has 0 unspecified atom stereocenters. The molecule has 6 nitrogen and oxygen atoms in total. The highest BCUT2D eigenvalue weighted by Gasteiger charge is 2.23. The van der Waals surface area contributed by atoms with Gasteiger partial charge in [0.25, 0.3) is 5.91 Å². The second-order valence-electron chi connectivity index (χ2n) is 7.57. The maximum atomic E-state index is 13.1. The van der Waals surface area contributed by atoms with Crippen LogP contribution in [0, 0.1) is 0 Å². The summed E-state index contributed by atoms with van der Waals surface area (Å²) >= 11 is 0. The highest BCUT2D eigenvalue weighted by molar-refractivity contribution is 5.95. The van der Waals surface area contributed by atoms with Crippen LogP contribution in [0.3, 0.4) is 0 Å². The van der Waals surface area contributed by atoms with Crippen molar-refractivity contribution in [3.05, 3.63) is 59.7 Å². The van der Waals surface area contributed by atoms with Gasteiger partial charge in [0.15, 0.2) is 11.5 Å². The largest absolute Gasteiger partial charge is 0.493 e. The van der Waals surface area contributed by atoms with E-state index in [4.69, 9.17) is 14.2 Å². The molecule has 0 aromatic heterocycles. The standard InChI is InChI=1S/C24H32N2O4/c1-3-4-14-30-22-11-10-20(17-23(22)28-2)24(27)25-21(19-8-6-5-7-9-19)18-26-12-15-29-16-13-26/h5-11,17,21H,3-4,12-16,18H2,1-2H3,(H,25,27)/p+1/t21-/m1/s1. The average Bonchev–Trinajstić information content (AvgIpc) is 2.80. The fraction of sp³-hybridized carbons (Fsp3) is 0.458. The Balaban J connectivity index is 1.72. The molecule has 0 spiro atoms. The van der Waals surface area contributed by atoms with Gasteiger partial charge in [-0.25, -0.2) is 0 Å². The van der Waals surface area contributed by atoms with Crippen LogP contribution in [0.4, 0.5) is 0 Å². The highest BCUT2D eigenvalue weighted by Crippen LogP contribution is 2.28. The van der Waals surface area contributed by atoms with E-state index in [-0.39, 0.29) is 11.9 Å². The summed E-state index contributed by atoms with van der Waals surface area (Å²) in [6.07, 6.45) is 2.04. The lowest BCUT2D eigenvalue weighted by molar-refractivity contribution is -0.909. The van der Waals surface area contributed by atoms with E-state index in [2.05, 4.69) is 24.4 Å². The number of morpholine rings is 1. The molecule has 2 aromatic carbocycles. The zero-order valence-corrected chi connectivity index (χ0v) is 18.0. The van der Waals surface area contributed by atoms with Crippen LogP contribution in [-0.2, 0) is 4.74 Å². The number of methoxy groups -OCH3 is 1. The molecular formula is C24H33N2O4+. The van der Waals surface area contributed by atoms with Crippen LogP contribution in [0.5, 0.6) is 11.5 Å². The Morgan fingerprint density at radius 2 is 1.90 bits per heavy atom. The fourth-order valence-corrected chi connectivity index (χ4v) is 3.59. The quantitative estimate of drug-likeness (QED) is 0.587. The van der Waals surface area contributed by atoms with E-state index in [1.165, 1.54) is 4.90 Å². The van der Waals surface area contributed by atoms with Crippen LogP contribution in [0.15, 0.2) is 48.5 Å². The first-order valence-corrected chi connectivity index (χ1v) is 10.8. The average molecular weight is 414 g/mol. The molecule has 0 saturated carbocycles. The van der Waals surface area contributed by atoms with Crippen LogP contribution in [0.2, 0.25) is 0 Å². The second kappa shape index (κ2) is 11.6. The molecule has 3 rings (SSSR count). The number of hydrogen-bond donors (Lipinski definition) is 2. The predicted molar refractivity (Wildman–Crippen MR) is 116 cm³/mol. The van der Waals surface area contributed by atoms with Crippen molar-refractivity contribution in [3.8, 4) is 11.5 Å². The lowest BCUT2D eigenvalue weighted by Crippen LogP contribution is -3.14. The molecule has 30 heavy (non-hydrogen) atoms. The summed E-state index contributed by atoms with van der Waals surface area (Å²) in [5.74, 6) is 1.13. The van der Waals surface area contributed by atoms with E-state index in [9.17, 15) is 4.79 Å². The zero-order chi connectivity index (χ0) is 21.2. The van der Waals surface area contributed by atoms with E-state index in [1.807, 2.05) is 24.3 Å². The number of carbonyl (C=O) groups is 1. The number of carbonyl (C=O) groups excluding carboxylic acids is 1. The van der Waals surface area contributed by atoms with Crippen molar-refractivity contribution in [2.24, 2.45) is 0 Å². The van der Waals surface area contributed by atoms with Gasteiger partial charge < -0.3 is 24.4 Å². The molecule has 0 radical (unpaired) electrons. The Morgan fingerprint density at radius 3 is 2.60 bits per heavy atom. The Kier molecular flexibility index (Phi) is 8.53. The van der Waals surface area contributed by atoms with Crippen molar-refractivity contribution in [2.45, 2.75) is 25.8 Å². The van der Waals surface area contributed by atoms with E-state index in [1.54, 1.807) is 19.2 Å². The molecular weight excluding hydrogens is 380 g/mol. The molecule has 1 amide bonds. The number of rotatable bonds is 10. The summed E-state index contributed by atoms with van der Waals surface area (Å²) in [4.78, 5) is 14.5. The second-order valence-corrected chi connectivity index (χ2v) is 7.57. The van der Waals surface area contributed by atoms with Gasteiger partial charge in [-0.05, 0) is 30.2 Å². The maximum absolute atomic E-state index is 13.1. The fourth-order valence-electron chi connectivity index (χ4n) is 3.59. The topological polar surface area (TPSA) is 61.2 Å². The lowest BCUT2D eigenvalue weighted by Gasteiger charge is -2.28. The number of quaternary nitrogens is 1. The molecule has 1 fully saturated rings. The van der Waals surface area contributed by atoms with Gasteiger partial charge in [-0.3, -0.25) is 4.79 Å². The summed E-state index contributed by atoms with van der Waals surface area (Å²) < 4.78 is 16.7. The summed E-state index contributed by atoms with van der Waals surface area (Å²) in [6.45, 7) is 7.03. The van der Waals surface area contributed by atoms with Crippen LogP contribution in [0.1, 0.15) is 41.7 Å². The maximum Gasteiger partial charge on any atom is 0.252 e. The number of amides is 1. The third-order valence-corrected chi connectivity index (χ3v) is 5.38. The molecule has 1 heterocycles. The summed E-state index contributed by atoms with van der Waals surface area (Å²) in [5, 5.41) is 3.22. The van der Waals surface area contributed by atoms with Crippen molar-refractivity contribution in [2.75, 3.05) is 46.6 Å². The van der Waals surface area contributed by atoms with Gasteiger partial charge in [-0.1, -0.05) is 43.7 Å². The van der Waals surface area contributed by atoms with Crippen molar-refractivity contribution in [3.63, 3.8) is 0 Å². The number of ether oxygens (including phenoxy) is 3. The summed E-state index contributed by atoms with van der Waals surface area (Å²) in [5.41, 5.74) is 1.67. The Morgan fingerprint density at radius 1 is 1.13 bits per heavy atom. The minimum atomic E-state index is -0.116. The third-order valence-electron chi connectivity index (χ3n) is 5.38. The third kappa shape index (κ3) is 6.21. The normalized spacial score (nSPS) is 15.4. The number of benzene rings is 2. The van der Waals surface area contributed by atoms with Crippen LogP contribution >= 0.6 is 0 Å². The number of nitrogens with one attached hydrogen (secondary N) is 2. The predicted octanol–water partition coefficient (Wildman–Crippen LogP) is 2.26. The first kappa shape index (κ1) is 22.1.